The van der Waals surface area contributed by atoms with Crippen molar-refractivity contribution in [3.8, 4) is 5.75 Å². The Hall–Kier alpha value is -2.38. The first-order valence-electron chi connectivity index (χ1n) is 8.82. The third-order valence-electron chi connectivity index (χ3n) is 3.96. The number of rotatable bonds is 9. The Balaban J connectivity index is 1.92. The van der Waals surface area contributed by atoms with E-state index >= 15 is 0 Å². The normalized spacial score (nSPS) is 11.4. The molecule has 2 rings (SSSR count). The second-order valence-corrected chi connectivity index (χ2v) is 8.39. The van der Waals surface area contributed by atoms with E-state index in [9.17, 15) is 13.2 Å². The van der Waals surface area contributed by atoms with Crippen molar-refractivity contribution in [1.29, 1.82) is 0 Å². The lowest BCUT2D eigenvalue weighted by Crippen LogP contribution is -2.28. The number of hydrogen-bond donors (Lipinski definition) is 2. The second kappa shape index (κ2) is 9.53. The summed E-state index contributed by atoms with van der Waals surface area (Å²) in [4.78, 5) is 12.1. The topological polar surface area (TPSA) is 84.5 Å². The van der Waals surface area contributed by atoms with E-state index in [-0.39, 0.29) is 17.3 Å². The molecule has 0 aliphatic carbocycles. The van der Waals surface area contributed by atoms with Gasteiger partial charge in [0.1, 0.15) is 5.75 Å². The number of methoxy groups -OCH3 is 1. The molecular weight excluding hydrogens is 364 g/mol. The maximum absolute atomic E-state index is 12.4. The number of hydrogen-bond acceptors (Lipinski definition) is 4. The number of nitrogens with one attached hydrogen (secondary N) is 2. The van der Waals surface area contributed by atoms with Gasteiger partial charge in [-0.05, 0) is 54.3 Å². The van der Waals surface area contributed by atoms with Crippen molar-refractivity contribution in [2.75, 3.05) is 20.2 Å². The van der Waals surface area contributed by atoms with Crippen LogP contribution < -0.4 is 14.8 Å². The van der Waals surface area contributed by atoms with Crippen molar-refractivity contribution in [2.24, 2.45) is 5.92 Å². The standard InChI is InChI=1S/C20H26N2O4S/c1-15(2)14-21-20(23)17-6-10-19(11-7-17)27(24,25)22-13-12-16-4-8-18(26-3)9-5-16/h4-11,15,22H,12-14H2,1-3H3,(H,21,23). The number of ether oxygens (including phenoxy) is 1. The molecular formula is C20H26N2O4S. The highest BCUT2D eigenvalue weighted by Crippen LogP contribution is 2.13. The number of benzene rings is 2. The molecule has 0 bridgehead atoms. The zero-order chi connectivity index (χ0) is 19.9. The van der Waals surface area contributed by atoms with Gasteiger partial charge in [-0.25, -0.2) is 13.1 Å². The third kappa shape index (κ3) is 6.37. The molecule has 2 aromatic carbocycles. The van der Waals surface area contributed by atoms with E-state index in [2.05, 4.69) is 10.0 Å². The van der Waals surface area contributed by atoms with Crippen LogP contribution in [0.5, 0.6) is 5.75 Å². The summed E-state index contributed by atoms with van der Waals surface area (Å²) in [6, 6.07) is 13.4. The maximum Gasteiger partial charge on any atom is 0.251 e. The zero-order valence-electron chi connectivity index (χ0n) is 15.9. The number of amides is 1. The maximum atomic E-state index is 12.4. The molecule has 2 N–H and O–H groups in total. The van der Waals surface area contributed by atoms with E-state index in [4.69, 9.17) is 4.74 Å². The zero-order valence-corrected chi connectivity index (χ0v) is 16.7. The van der Waals surface area contributed by atoms with Gasteiger partial charge >= 0.3 is 0 Å². The van der Waals surface area contributed by atoms with Gasteiger partial charge in [-0.1, -0.05) is 26.0 Å². The van der Waals surface area contributed by atoms with Crippen LogP contribution in [0.1, 0.15) is 29.8 Å². The summed E-state index contributed by atoms with van der Waals surface area (Å²) < 4.78 is 32.5. The molecule has 0 fully saturated rings. The summed E-state index contributed by atoms with van der Waals surface area (Å²) in [6.07, 6.45) is 0.568. The number of sulfonamides is 1. The van der Waals surface area contributed by atoms with Gasteiger partial charge in [0.05, 0.1) is 12.0 Å². The van der Waals surface area contributed by atoms with Gasteiger partial charge in [0.25, 0.3) is 5.91 Å². The predicted molar refractivity (Wildman–Crippen MR) is 105 cm³/mol. The molecule has 27 heavy (non-hydrogen) atoms. The van der Waals surface area contributed by atoms with Gasteiger partial charge in [0.2, 0.25) is 10.0 Å². The van der Waals surface area contributed by atoms with E-state index in [1.165, 1.54) is 24.3 Å². The Labute approximate surface area is 161 Å². The fraction of sp³-hybridized carbons (Fsp3) is 0.350. The second-order valence-electron chi connectivity index (χ2n) is 6.62. The van der Waals surface area contributed by atoms with Gasteiger partial charge in [0.15, 0.2) is 0 Å². The molecule has 0 aliphatic rings. The first-order valence-corrected chi connectivity index (χ1v) is 10.3. The lowest BCUT2D eigenvalue weighted by Gasteiger charge is -2.09. The van der Waals surface area contributed by atoms with Crippen molar-refractivity contribution in [2.45, 2.75) is 25.2 Å². The molecule has 2 aromatic rings. The molecule has 6 nitrogen and oxygen atoms in total. The fourth-order valence-corrected chi connectivity index (χ4v) is 3.42. The summed E-state index contributed by atoms with van der Waals surface area (Å²) in [5.41, 5.74) is 1.45. The number of carbonyl (C=O) groups is 1. The van der Waals surface area contributed by atoms with Crippen LogP contribution in [0.4, 0.5) is 0 Å². The first-order chi connectivity index (χ1) is 12.8. The minimum absolute atomic E-state index is 0.137. The van der Waals surface area contributed by atoms with Gasteiger partial charge in [0, 0.05) is 18.7 Å². The highest BCUT2D eigenvalue weighted by atomic mass is 32.2. The summed E-state index contributed by atoms with van der Waals surface area (Å²) >= 11 is 0. The van der Waals surface area contributed by atoms with Gasteiger partial charge in [-0.2, -0.15) is 0 Å². The van der Waals surface area contributed by atoms with E-state index in [1.807, 2.05) is 38.1 Å². The first kappa shape index (κ1) is 20.9. The Kier molecular flexibility index (Phi) is 7.38. The van der Waals surface area contributed by atoms with Crippen LogP contribution in [0.3, 0.4) is 0 Å². The predicted octanol–water partition coefficient (Wildman–Crippen LogP) is 2.60. The largest absolute Gasteiger partial charge is 0.497 e. The average molecular weight is 391 g/mol. The summed E-state index contributed by atoms with van der Waals surface area (Å²) in [7, 11) is -2.02. The van der Waals surface area contributed by atoms with Gasteiger partial charge in [-0.15, -0.1) is 0 Å². The van der Waals surface area contributed by atoms with E-state index in [0.29, 0.717) is 24.4 Å². The minimum atomic E-state index is -3.62. The number of carbonyl (C=O) groups excluding carboxylic acids is 1. The lowest BCUT2D eigenvalue weighted by atomic mass is 10.1. The van der Waals surface area contributed by atoms with Crippen molar-refractivity contribution in [3.05, 3.63) is 59.7 Å². The van der Waals surface area contributed by atoms with Crippen molar-refractivity contribution in [1.82, 2.24) is 10.0 Å². The lowest BCUT2D eigenvalue weighted by molar-refractivity contribution is 0.0949. The van der Waals surface area contributed by atoms with Gasteiger partial charge < -0.3 is 10.1 Å². The Morgan fingerprint density at radius 2 is 1.67 bits per heavy atom. The monoisotopic (exact) mass is 390 g/mol. The van der Waals surface area contributed by atoms with Crippen LogP contribution in [0, 0.1) is 5.92 Å². The summed E-state index contributed by atoms with van der Waals surface area (Å²) in [6.45, 7) is 4.87. The Bertz CT molecular complexity index is 845. The molecule has 0 aliphatic heterocycles. The van der Waals surface area contributed by atoms with E-state index in [1.54, 1.807) is 7.11 Å². The molecule has 0 spiro atoms. The van der Waals surface area contributed by atoms with Crippen LogP contribution in [-0.2, 0) is 16.4 Å². The molecule has 0 radical (unpaired) electrons. The van der Waals surface area contributed by atoms with E-state index in [0.717, 1.165) is 11.3 Å². The molecule has 0 unspecified atom stereocenters. The Morgan fingerprint density at radius 3 is 2.22 bits per heavy atom. The minimum Gasteiger partial charge on any atom is -0.497 e. The van der Waals surface area contributed by atoms with Crippen molar-refractivity contribution < 1.29 is 17.9 Å². The Morgan fingerprint density at radius 1 is 1.04 bits per heavy atom. The quantitative estimate of drug-likeness (QED) is 0.689. The molecule has 7 heteroatoms. The van der Waals surface area contributed by atoms with Crippen LogP contribution >= 0.6 is 0 Å². The fourth-order valence-electron chi connectivity index (χ4n) is 2.39. The van der Waals surface area contributed by atoms with Crippen LogP contribution in [0.2, 0.25) is 0 Å². The highest BCUT2D eigenvalue weighted by Gasteiger charge is 2.14. The average Bonchev–Trinajstić information content (AvgIpc) is 2.66. The highest BCUT2D eigenvalue weighted by molar-refractivity contribution is 7.89. The molecule has 0 atom stereocenters. The van der Waals surface area contributed by atoms with Crippen molar-refractivity contribution >= 4 is 15.9 Å². The summed E-state index contributed by atoms with van der Waals surface area (Å²) in [5, 5.41) is 2.80. The van der Waals surface area contributed by atoms with Crippen LogP contribution in [0.15, 0.2) is 53.4 Å². The molecule has 0 saturated carbocycles. The third-order valence-corrected chi connectivity index (χ3v) is 5.44. The molecule has 146 valence electrons. The van der Waals surface area contributed by atoms with Crippen LogP contribution in [0.25, 0.3) is 0 Å². The molecule has 0 saturated heterocycles. The van der Waals surface area contributed by atoms with Crippen LogP contribution in [-0.4, -0.2) is 34.5 Å². The SMILES string of the molecule is COc1ccc(CCNS(=O)(=O)c2ccc(C(=O)NCC(C)C)cc2)cc1. The summed E-state index contributed by atoms with van der Waals surface area (Å²) in [5.74, 6) is 0.903. The van der Waals surface area contributed by atoms with Gasteiger partial charge in [-0.3, -0.25) is 4.79 Å². The molecule has 0 aromatic heterocycles. The molecule has 0 heterocycles. The smallest absolute Gasteiger partial charge is 0.251 e. The van der Waals surface area contributed by atoms with Crippen molar-refractivity contribution in [3.63, 3.8) is 0 Å². The van der Waals surface area contributed by atoms with E-state index < -0.39 is 10.0 Å². The molecule has 1 amide bonds.